The third-order valence-corrected chi connectivity index (χ3v) is 6.69. The van der Waals surface area contributed by atoms with Crippen LogP contribution in [0.1, 0.15) is 31.9 Å². The fourth-order valence-corrected chi connectivity index (χ4v) is 5.48. The van der Waals surface area contributed by atoms with E-state index in [9.17, 15) is 9.90 Å². The van der Waals surface area contributed by atoms with E-state index in [-0.39, 0.29) is 6.61 Å². The molecule has 0 radical (unpaired) electrons. The molecule has 3 rings (SSSR count). The Balaban J connectivity index is 1.59. The first-order valence-corrected chi connectivity index (χ1v) is 13.8. The molecule has 0 aliphatic rings. The number of carbonyl (C=O) groups is 1. The fraction of sp³-hybridized carbons (Fsp3) is 0.321. The molecule has 1 amide bonds. The van der Waals surface area contributed by atoms with Gasteiger partial charge in [0.05, 0.1) is 26.9 Å². The molecule has 0 aliphatic heterocycles. The van der Waals surface area contributed by atoms with Gasteiger partial charge in [0.2, 0.25) is 0 Å². The molecule has 0 bridgehead atoms. The van der Waals surface area contributed by atoms with Crippen LogP contribution in [0.15, 0.2) is 60.7 Å². The van der Waals surface area contributed by atoms with Crippen molar-refractivity contribution < 1.29 is 28.8 Å². The Labute approximate surface area is 245 Å². The lowest BCUT2D eigenvalue weighted by molar-refractivity contribution is 0.0483. The van der Waals surface area contributed by atoms with E-state index >= 15 is 0 Å². The predicted octanol–water partition coefficient (Wildman–Crippen LogP) is 6.70. The summed E-state index contributed by atoms with van der Waals surface area (Å²) in [5, 5.41) is 12.5. The number of ether oxygens (including phenoxy) is 4. The van der Waals surface area contributed by atoms with Crippen LogP contribution in [-0.4, -0.2) is 36.6 Å². The Morgan fingerprint density at radius 2 is 1.49 bits per heavy atom. The van der Waals surface area contributed by atoms with Crippen LogP contribution in [0.3, 0.4) is 0 Å². The van der Waals surface area contributed by atoms with Gasteiger partial charge in [0, 0.05) is 0 Å². The molecule has 0 aliphatic carbocycles. The zero-order chi connectivity index (χ0) is 27.0. The number of hydrogen-bond acceptors (Lipinski definition) is 6. The van der Waals surface area contributed by atoms with E-state index in [1.807, 2.05) is 60.7 Å². The highest BCUT2D eigenvalue weighted by Crippen LogP contribution is 2.34. The summed E-state index contributed by atoms with van der Waals surface area (Å²) in [5.74, 6) is 3.00. The van der Waals surface area contributed by atoms with Crippen molar-refractivity contribution in [2.75, 3.05) is 13.7 Å². The van der Waals surface area contributed by atoms with Crippen LogP contribution in [0.5, 0.6) is 23.0 Å². The minimum Gasteiger partial charge on any atom is -0.497 e. The zero-order valence-corrected chi connectivity index (χ0v) is 25.5. The number of rotatable bonds is 10. The van der Waals surface area contributed by atoms with Crippen LogP contribution >= 0.6 is 45.2 Å². The first-order valence-electron chi connectivity index (χ1n) is 11.7. The molecule has 0 aromatic heterocycles. The van der Waals surface area contributed by atoms with Crippen LogP contribution in [0.25, 0.3) is 0 Å². The van der Waals surface area contributed by atoms with Crippen molar-refractivity contribution in [2.24, 2.45) is 0 Å². The maximum absolute atomic E-state index is 12.1. The Morgan fingerprint density at radius 3 is 2.03 bits per heavy atom. The molecule has 7 nitrogen and oxygen atoms in total. The SMILES string of the molecule is COc1ccc(COc2ccc(Oc3c(I)cc(C[C@@H](CO)NC(=O)OC(C)(C)C)cc3I)cc2)cc1. The van der Waals surface area contributed by atoms with Gasteiger partial charge in [0.15, 0.2) is 5.75 Å². The maximum atomic E-state index is 12.1. The van der Waals surface area contributed by atoms with Crippen molar-refractivity contribution >= 4 is 51.3 Å². The summed E-state index contributed by atoms with van der Waals surface area (Å²) < 4.78 is 24.4. The Morgan fingerprint density at radius 1 is 0.919 bits per heavy atom. The second-order valence-electron chi connectivity index (χ2n) is 9.33. The standard InChI is InChI=1S/C28H31I2NO6/c1-28(2,3)37-27(33)31-20(16-32)13-19-14-24(29)26(25(30)15-19)36-23-11-9-22(10-12-23)35-17-18-5-7-21(34-4)8-6-18/h5-12,14-15,20,32H,13,16-17H2,1-4H3,(H,31,33)/t20-/m0/s1. The average Bonchev–Trinajstić information content (AvgIpc) is 2.84. The summed E-state index contributed by atoms with van der Waals surface area (Å²) in [6, 6.07) is 18.8. The molecule has 37 heavy (non-hydrogen) atoms. The molecule has 3 aromatic rings. The number of benzene rings is 3. The lowest BCUT2D eigenvalue weighted by Crippen LogP contribution is -2.42. The van der Waals surface area contributed by atoms with Crippen molar-refractivity contribution in [1.29, 1.82) is 0 Å². The first kappa shape index (κ1) is 29.3. The minimum absolute atomic E-state index is 0.197. The van der Waals surface area contributed by atoms with Gasteiger partial charge in [0.1, 0.15) is 29.5 Å². The number of halogens is 2. The number of carbonyl (C=O) groups excluding carboxylic acids is 1. The van der Waals surface area contributed by atoms with Crippen LogP contribution < -0.4 is 19.5 Å². The van der Waals surface area contributed by atoms with Gasteiger partial charge >= 0.3 is 6.09 Å². The number of aliphatic hydroxyl groups excluding tert-OH is 1. The molecule has 2 N–H and O–H groups in total. The predicted molar refractivity (Wildman–Crippen MR) is 160 cm³/mol. The normalized spacial score (nSPS) is 12.0. The summed E-state index contributed by atoms with van der Waals surface area (Å²) in [7, 11) is 1.64. The van der Waals surface area contributed by atoms with Gasteiger partial charge in [-0.2, -0.15) is 0 Å². The highest BCUT2D eigenvalue weighted by Gasteiger charge is 2.20. The molecule has 0 spiro atoms. The van der Waals surface area contributed by atoms with Crippen molar-refractivity contribution in [2.45, 2.75) is 45.4 Å². The Hall–Kier alpha value is -2.25. The zero-order valence-electron chi connectivity index (χ0n) is 21.2. The summed E-state index contributed by atoms with van der Waals surface area (Å²) in [6.45, 7) is 5.66. The second-order valence-corrected chi connectivity index (χ2v) is 11.7. The van der Waals surface area contributed by atoms with Gasteiger partial charge in [0.25, 0.3) is 0 Å². The Bertz CT molecular complexity index is 1150. The van der Waals surface area contributed by atoms with Gasteiger partial charge in [-0.1, -0.05) is 12.1 Å². The lowest BCUT2D eigenvalue weighted by atomic mass is 10.1. The van der Waals surface area contributed by atoms with Crippen molar-refractivity contribution in [3.8, 4) is 23.0 Å². The molecule has 9 heteroatoms. The summed E-state index contributed by atoms with van der Waals surface area (Å²) in [4.78, 5) is 12.1. The van der Waals surface area contributed by atoms with Gasteiger partial charge in [-0.25, -0.2) is 4.79 Å². The number of alkyl carbamates (subject to hydrolysis) is 1. The summed E-state index contributed by atoms with van der Waals surface area (Å²) in [6.07, 6.45) is -0.0882. The van der Waals surface area contributed by atoms with Crippen LogP contribution in [0.2, 0.25) is 0 Å². The van der Waals surface area contributed by atoms with E-state index in [0.717, 1.165) is 35.5 Å². The Kier molecular flexibility index (Phi) is 10.7. The van der Waals surface area contributed by atoms with E-state index in [1.54, 1.807) is 27.9 Å². The average molecular weight is 731 g/mol. The van der Waals surface area contributed by atoms with E-state index in [4.69, 9.17) is 18.9 Å². The smallest absolute Gasteiger partial charge is 0.407 e. The number of amides is 1. The lowest BCUT2D eigenvalue weighted by Gasteiger charge is -2.23. The van der Waals surface area contributed by atoms with Gasteiger partial charge in [-0.3, -0.25) is 0 Å². The molecule has 198 valence electrons. The number of hydrogen-bond donors (Lipinski definition) is 2. The summed E-state index contributed by atoms with van der Waals surface area (Å²) >= 11 is 4.47. The molecule has 0 unspecified atom stereocenters. The van der Waals surface area contributed by atoms with Gasteiger partial charge in [-0.05, 0) is 132 Å². The van der Waals surface area contributed by atoms with Crippen molar-refractivity contribution in [3.63, 3.8) is 0 Å². The molecule has 0 saturated carbocycles. The molecule has 0 heterocycles. The van der Waals surface area contributed by atoms with E-state index in [1.165, 1.54) is 0 Å². The fourth-order valence-electron chi connectivity index (χ4n) is 3.36. The minimum atomic E-state index is -0.602. The topological polar surface area (TPSA) is 86.3 Å². The third kappa shape index (κ3) is 9.53. The number of methoxy groups -OCH3 is 1. The second kappa shape index (κ2) is 13.5. The maximum Gasteiger partial charge on any atom is 0.407 e. The van der Waals surface area contributed by atoms with Crippen LogP contribution in [0.4, 0.5) is 4.79 Å². The highest BCUT2D eigenvalue weighted by molar-refractivity contribution is 14.1. The largest absolute Gasteiger partial charge is 0.497 e. The first-order chi connectivity index (χ1) is 17.6. The van der Waals surface area contributed by atoms with Crippen LogP contribution in [-0.2, 0) is 17.8 Å². The van der Waals surface area contributed by atoms with Crippen molar-refractivity contribution in [3.05, 3.63) is 78.9 Å². The molecular weight excluding hydrogens is 700 g/mol. The molecule has 0 saturated heterocycles. The third-order valence-electron chi connectivity index (χ3n) is 5.09. The summed E-state index contributed by atoms with van der Waals surface area (Å²) in [5.41, 5.74) is 1.42. The quantitative estimate of drug-likeness (QED) is 0.226. The van der Waals surface area contributed by atoms with Gasteiger partial charge < -0.3 is 29.4 Å². The molecule has 0 fully saturated rings. The number of nitrogens with one attached hydrogen (secondary N) is 1. The highest BCUT2D eigenvalue weighted by atomic mass is 127. The van der Waals surface area contributed by atoms with Crippen molar-refractivity contribution in [1.82, 2.24) is 5.32 Å². The van der Waals surface area contributed by atoms with E-state index < -0.39 is 17.7 Å². The monoisotopic (exact) mass is 731 g/mol. The van der Waals surface area contributed by atoms with Gasteiger partial charge in [-0.15, -0.1) is 0 Å². The molecular formula is C28H31I2NO6. The number of aliphatic hydroxyl groups is 1. The molecule has 1 atom stereocenters. The van der Waals surface area contributed by atoms with E-state index in [2.05, 4.69) is 50.5 Å². The molecule has 3 aromatic carbocycles. The van der Waals surface area contributed by atoms with E-state index in [0.29, 0.717) is 18.8 Å². The van der Waals surface area contributed by atoms with Crippen LogP contribution in [0, 0.1) is 7.14 Å².